The Labute approximate surface area is 122 Å². The van der Waals surface area contributed by atoms with E-state index < -0.39 is 17.9 Å². The molecule has 0 amide bonds. The zero-order valence-electron chi connectivity index (χ0n) is 12.1. The second-order valence-electron chi connectivity index (χ2n) is 4.73. The number of aromatic nitrogens is 2. The van der Waals surface area contributed by atoms with Crippen LogP contribution in [0, 0.1) is 12.7 Å². The standard InChI is InChI=1S/C15H17FN2O3/c1-4-21-15(20)11-7-17-18(8-11)14-5-9(2)13(16)6-12(14)10(3)19/h5-8,10,19H,4H2,1-3H3/t10-/m0/s1. The third-order valence-corrected chi connectivity index (χ3v) is 3.10. The van der Waals surface area contributed by atoms with Crippen molar-refractivity contribution in [1.82, 2.24) is 9.78 Å². The smallest absolute Gasteiger partial charge is 0.341 e. The summed E-state index contributed by atoms with van der Waals surface area (Å²) in [6, 6.07) is 2.86. The number of carbonyl (C=O) groups excluding carboxylic acids is 1. The minimum atomic E-state index is -0.856. The van der Waals surface area contributed by atoms with E-state index in [1.54, 1.807) is 26.8 Å². The van der Waals surface area contributed by atoms with Gasteiger partial charge in [-0.25, -0.2) is 13.9 Å². The molecule has 0 radical (unpaired) electrons. The van der Waals surface area contributed by atoms with E-state index in [2.05, 4.69) is 5.10 Å². The number of hydrogen-bond donors (Lipinski definition) is 1. The highest BCUT2D eigenvalue weighted by Crippen LogP contribution is 2.25. The van der Waals surface area contributed by atoms with Crippen molar-refractivity contribution < 1.29 is 19.0 Å². The molecule has 1 atom stereocenters. The number of aliphatic hydroxyl groups excluding tert-OH is 1. The summed E-state index contributed by atoms with van der Waals surface area (Å²) < 4.78 is 20.0. The highest BCUT2D eigenvalue weighted by atomic mass is 19.1. The molecule has 5 nitrogen and oxygen atoms in total. The van der Waals surface area contributed by atoms with Gasteiger partial charge in [-0.3, -0.25) is 0 Å². The quantitative estimate of drug-likeness (QED) is 0.880. The predicted molar refractivity (Wildman–Crippen MR) is 74.8 cm³/mol. The van der Waals surface area contributed by atoms with Crippen LogP contribution in [0.25, 0.3) is 5.69 Å². The van der Waals surface area contributed by atoms with Crippen molar-refractivity contribution in [2.24, 2.45) is 0 Å². The summed E-state index contributed by atoms with van der Waals surface area (Å²) in [7, 11) is 0. The Kier molecular flexibility index (Phi) is 4.37. The summed E-state index contributed by atoms with van der Waals surface area (Å²) in [5, 5.41) is 13.9. The molecular weight excluding hydrogens is 275 g/mol. The Morgan fingerprint density at radius 3 is 2.86 bits per heavy atom. The summed E-state index contributed by atoms with van der Waals surface area (Å²) in [4.78, 5) is 11.6. The highest BCUT2D eigenvalue weighted by molar-refractivity contribution is 5.88. The molecule has 0 aliphatic carbocycles. The van der Waals surface area contributed by atoms with E-state index in [0.717, 1.165) is 0 Å². The molecular formula is C15H17FN2O3. The maximum Gasteiger partial charge on any atom is 0.341 e. The van der Waals surface area contributed by atoms with Crippen LogP contribution in [0.4, 0.5) is 4.39 Å². The van der Waals surface area contributed by atoms with Crippen LogP contribution in [0.3, 0.4) is 0 Å². The van der Waals surface area contributed by atoms with Crippen molar-refractivity contribution >= 4 is 5.97 Å². The van der Waals surface area contributed by atoms with Crippen molar-refractivity contribution in [2.45, 2.75) is 26.9 Å². The lowest BCUT2D eigenvalue weighted by Gasteiger charge is -2.13. The molecule has 1 N–H and O–H groups in total. The fourth-order valence-corrected chi connectivity index (χ4v) is 1.99. The summed E-state index contributed by atoms with van der Waals surface area (Å²) in [5.41, 5.74) is 1.66. The zero-order valence-corrected chi connectivity index (χ0v) is 12.1. The second kappa shape index (κ2) is 6.05. The summed E-state index contributed by atoms with van der Waals surface area (Å²) in [5.74, 6) is -0.867. The van der Waals surface area contributed by atoms with E-state index in [-0.39, 0.29) is 6.61 Å². The molecule has 2 rings (SSSR count). The van der Waals surface area contributed by atoms with E-state index in [1.165, 1.54) is 23.1 Å². The van der Waals surface area contributed by atoms with Crippen LogP contribution in [0.5, 0.6) is 0 Å². The first kappa shape index (κ1) is 15.2. The highest BCUT2D eigenvalue weighted by Gasteiger charge is 2.16. The molecule has 112 valence electrons. The summed E-state index contributed by atoms with van der Waals surface area (Å²) in [6.07, 6.45) is 2.02. The number of hydrogen-bond acceptors (Lipinski definition) is 4. The lowest BCUT2D eigenvalue weighted by Crippen LogP contribution is -2.06. The molecule has 0 saturated heterocycles. The minimum Gasteiger partial charge on any atom is -0.462 e. The molecule has 0 saturated carbocycles. The molecule has 1 aromatic carbocycles. The van der Waals surface area contributed by atoms with E-state index in [4.69, 9.17) is 4.74 Å². The largest absolute Gasteiger partial charge is 0.462 e. The Bertz CT molecular complexity index is 665. The van der Waals surface area contributed by atoms with Gasteiger partial charge in [0.1, 0.15) is 5.82 Å². The molecule has 1 aromatic heterocycles. The molecule has 0 aliphatic heterocycles. The average Bonchev–Trinajstić information content (AvgIpc) is 2.91. The second-order valence-corrected chi connectivity index (χ2v) is 4.73. The number of carbonyl (C=O) groups is 1. The van der Waals surface area contributed by atoms with Crippen LogP contribution in [-0.2, 0) is 4.74 Å². The number of nitrogens with zero attached hydrogens (tertiary/aromatic N) is 2. The van der Waals surface area contributed by atoms with Crippen LogP contribution in [-0.4, -0.2) is 27.5 Å². The van der Waals surface area contributed by atoms with Gasteiger partial charge in [0.15, 0.2) is 0 Å². The van der Waals surface area contributed by atoms with Crippen LogP contribution < -0.4 is 0 Å². The Morgan fingerprint density at radius 2 is 2.24 bits per heavy atom. The molecule has 1 heterocycles. The molecule has 21 heavy (non-hydrogen) atoms. The fourth-order valence-electron chi connectivity index (χ4n) is 1.99. The number of aliphatic hydroxyl groups is 1. The number of benzene rings is 1. The Hall–Kier alpha value is -2.21. The Morgan fingerprint density at radius 1 is 1.52 bits per heavy atom. The van der Waals surface area contributed by atoms with Gasteiger partial charge in [-0.15, -0.1) is 0 Å². The molecule has 2 aromatic rings. The fraction of sp³-hybridized carbons (Fsp3) is 0.333. The Balaban J connectivity index is 2.47. The van der Waals surface area contributed by atoms with Gasteiger partial charge in [0, 0.05) is 11.8 Å². The topological polar surface area (TPSA) is 64.3 Å². The van der Waals surface area contributed by atoms with Gasteiger partial charge >= 0.3 is 5.97 Å². The van der Waals surface area contributed by atoms with Crippen LogP contribution in [0.2, 0.25) is 0 Å². The molecule has 0 aliphatic rings. The molecule has 6 heteroatoms. The lowest BCUT2D eigenvalue weighted by atomic mass is 10.0. The summed E-state index contributed by atoms with van der Waals surface area (Å²) >= 11 is 0. The molecule has 0 bridgehead atoms. The normalized spacial score (nSPS) is 12.2. The lowest BCUT2D eigenvalue weighted by molar-refractivity contribution is 0.0526. The SMILES string of the molecule is CCOC(=O)c1cnn(-c2cc(C)c(F)cc2[C@H](C)O)c1. The molecule has 0 fully saturated rings. The zero-order chi connectivity index (χ0) is 15.6. The first-order valence-corrected chi connectivity index (χ1v) is 6.64. The third-order valence-electron chi connectivity index (χ3n) is 3.10. The first-order chi connectivity index (χ1) is 9.93. The number of halogens is 1. The third kappa shape index (κ3) is 3.11. The van der Waals surface area contributed by atoms with Gasteiger partial charge in [-0.05, 0) is 38.5 Å². The van der Waals surface area contributed by atoms with Crippen molar-refractivity contribution in [1.29, 1.82) is 0 Å². The summed E-state index contributed by atoms with van der Waals surface area (Å²) in [6.45, 7) is 5.17. The van der Waals surface area contributed by atoms with Crippen LogP contribution in [0.1, 0.15) is 41.4 Å². The number of ether oxygens (including phenoxy) is 1. The maximum absolute atomic E-state index is 13.7. The molecule has 0 unspecified atom stereocenters. The van der Waals surface area contributed by atoms with Gasteiger partial charge in [-0.1, -0.05) is 0 Å². The number of rotatable bonds is 4. The van der Waals surface area contributed by atoms with Gasteiger partial charge in [0.2, 0.25) is 0 Å². The van der Waals surface area contributed by atoms with Crippen LogP contribution in [0.15, 0.2) is 24.5 Å². The van der Waals surface area contributed by atoms with Crippen LogP contribution >= 0.6 is 0 Å². The monoisotopic (exact) mass is 292 g/mol. The number of aryl methyl sites for hydroxylation is 1. The van der Waals surface area contributed by atoms with Gasteiger partial charge < -0.3 is 9.84 Å². The van der Waals surface area contributed by atoms with Crippen molar-refractivity contribution in [3.05, 3.63) is 47.0 Å². The first-order valence-electron chi connectivity index (χ1n) is 6.64. The molecule has 0 spiro atoms. The van der Waals surface area contributed by atoms with Crippen molar-refractivity contribution in [3.8, 4) is 5.69 Å². The van der Waals surface area contributed by atoms with E-state index >= 15 is 0 Å². The van der Waals surface area contributed by atoms with Crippen molar-refractivity contribution in [3.63, 3.8) is 0 Å². The van der Waals surface area contributed by atoms with E-state index in [1.807, 2.05) is 0 Å². The maximum atomic E-state index is 13.7. The van der Waals surface area contributed by atoms with Gasteiger partial charge in [0.25, 0.3) is 0 Å². The predicted octanol–water partition coefficient (Wildman–Crippen LogP) is 2.55. The van der Waals surface area contributed by atoms with E-state index in [9.17, 15) is 14.3 Å². The van der Waals surface area contributed by atoms with Gasteiger partial charge in [-0.2, -0.15) is 5.10 Å². The van der Waals surface area contributed by atoms with Crippen molar-refractivity contribution in [2.75, 3.05) is 6.61 Å². The number of esters is 1. The minimum absolute atomic E-state index is 0.276. The average molecular weight is 292 g/mol. The van der Waals surface area contributed by atoms with Gasteiger partial charge in [0.05, 0.1) is 30.2 Å². The van der Waals surface area contributed by atoms with E-state index in [0.29, 0.717) is 22.4 Å².